The molecule has 1 aliphatic rings. The van der Waals surface area contributed by atoms with Crippen molar-refractivity contribution in [2.75, 3.05) is 24.2 Å². The zero-order chi connectivity index (χ0) is 26.3. The molecule has 0 radical (unpaired) electrons. The number of benzene rings is 2. The van der Waals surface area contributed by atoms with E-state index < -0.39 is 15.8 Å². The Kier molecular flexibility index (Phi) is 6.36. The van der Waals surface area contributed by atoms with Gasteiger partial charge < -0.3 is 10.1 Å². The number of pyridine rings is 1. The number of nitrogens with zero attached hydrogens (tertiary/aromatic N) is 3. The van der Waals surface area contributed by atoms with Gasteiger partial charge in [0.15, 0.2) is 0 Å². The van der Waals surface area contributed by atoms with Crippen molar-refractivity contribution in [2.24, 2.45) is 0 Å². The van der Waals surface area contributed by atoms with Crippen molar-refractivity contribution in [3.8, 4) is 22.8 Å². The number of anilines is 1. The molecule has 0 fully saturated rings. The molecular formula is C27H27FN4O4S. The molecule has 8 nitrogen and oxygen atoms in total. The molecule has 3 heterocycles. The van der Waals surface area contributed by atoms with Gasteiger partial charge in [-0.2, -0.15) is 5.10 Å². The van der Waals surface area contributed by atoms with Crippen LogP contribution in [0.4, 0.5) is 10.1 Å². The second kappa shape index (κ2) is 9.51. The molecular weight excluding hydrogens is 495 g/mol. The Morgan fingerprint density at radius 3 is 2.57 bits per heavy atom. The van der Waals surface area contributed by atoms with E-state index >= 15 is 0 Å². The number of amides is 1. The first-order valence-corrected chi connectivity index (χ1v) is 13.8. The third-order valence-electron chi connectivity index (χ3n) is 6.59. The largest absolute Gasteiger partial charge is 0.457 e. The zero-order valence-electron chi connectivity index (χ0n) is 20.7. The van der Waals surface area contributed by atoms with Gasteiger partial charge in [-0.3, -0.25) is 9.10 Å². The molecule has 0 saturated heterocycles. The highest BCUT2D eigenvalue weighted by molar-refractivity contribution is 7.92. The summed E-state index contributed by atoms with van der Waals surface area (Å²) in [4.78, 5) is 13.0. The first kappa shape index (κ1) is 24.8. The minimum absolute atomic E-state index is 0.113. The lowest BCUT2D eigenvalue weighted by atomic mass is 9.96. The lowest BCUT2D eigenvalue weighted by Gasteiger charge is -2.23. The fraction of sp³-hybridized carbons (Fsp3) is 0.259. The van der Waals surface area contributed by atoms with Crippen molar-refractivity contribution in [3.05, 3.63) is 77.7 Å². The highest BCUT2D eigenvalue weighted by Gasteiger charge is 2.29. The predicted molar refractivity (Wildman–Crippen MR) is 140 cm³/mol. The van der Waals surface area contributed by atoms with Crippen LogP contribution in [-0.2, 0) is 10.0 Å². The highest BCUT2D eigenvalue weighted by Crippen LogP contribution is 2.38. The number of hydrogen-bond donors (Lipinski definition) is 1. The average molecular weight is 523 g/mol. The van der Waals surface area contributed by atoms with Crippen molar-refractivity contribution in [2.45, 2.75) is 25.7 Å². The molecule has 1 N–H and O–H groups in total. The average Bonchev–Trinajstić information content (AvgIpc) is 3.14. The van der Waals surface area contributed by atoms with Crippen LogP contribution in [0, 0.1) is 5.82 Å². The lowest BCUT2D eigenvalue weighted by molar-refractivity contribution is 0.0965. The van der Waals surface area contributed by atoms with Gasteiger partial charge >= 0.3 is 0 Å². The molecule has 1 atom stereocenters. The van der Waals surface area contributed by atoms with Crippen LogP contribution in [0.2, 0.25) is 0 Å². The van der Waals surface area contributed by atoms with Gasteiger partial charge in [-0.05, 0) is 66.8 Å². The van der Waals surface area contributed by atoms with Crippen LogP contribution < -0.4 is 14.4 Å². The number of halogens is 1. The van der Waals surface area contributed by atoms with Crippen LogP contribution in [0.1, 0.15) is 41.6 Å². The van der Waals surface area contributed by atoms with Gasteiger partial charge in [-0.1, -0.05) is 13.0 Å². The van der Waals surface area contributed by atoms with E-state index in [4.69, 9.17) is 9.84 Å². The van der Waals surface area contributed by atoms with E-state index in [0.29, 0.717) is 46.1 Å². The monoisotopic (exact) mass is 522 g/mol. The molecule has 37 heavy (non-hydrogen) atoms. The summed E-state index contributed by atoms with van der Waals surface area (Å²) in [6.07, 6.45) is 4.47. The Bertz CT molecular complexity index is 1600. The summed E-state index contributed by atoms with van der Waals surface area (Å²) in [7, 11) is -1.93. The maximum absolute atomic E-state index is 13.5. The van der Waals surface area contributed by atoms with Gasteiger partial charge in [0, 0.05) is 25.2 Å². The number of nitrogens with one attached hydrogen (secondary N) is 1. The number of hydrogen-bond acceptors (Lipinski definition) is 5. The Balaban J connectivity index is 1.62. The van der Waals surface area contributed by atoms with Crippen molar-refractivity contribution in [1.29, 1.82) is 0 Å². The Hall–Kier alpha value is -3.92. The molecule has 0 spiro atoms. The van der Waals surface area contributed by atoms with Gasteiger partial charge in [-0.25, -0.2) is 17.3 Å². The van der Waals surface area contributed by atoms with E-state index in [-0.39, 0.29) is 11.8 Å². The number of sulfonamides is 1. The number of rotatable bonds is 5. The van der Waals surface area contributed by atoms with E-state index in [1.54, 1.807) is 54.2 Å². The molecule has 2 aromatic carbocycles. The molecule has 0 bridgehead atoms. The van der Waals surface area contributed by atoms with E-state index in [2.05, 4.69) is 12.2 Å². The maximum atomic E-state index is 13.5. The van der Waals surface area contributed by atoms with Gasteiger partial charge in [0.2, 0.25) is 10.0 Å². The van der Waals surface area contributed by atoms with Crippen LogP contribution in [0.3, 0.4) is 0 Å². The lowest BCUT2D eigenvalue weighted by Crippen LogP contribution is -2.31. The summed E-state index contributed by atoms with van der Waals surface area (Å²) < 4.78 is 47.4. The molecule has 1 aliphatic heterocycles. The predicted octanol–water partition coefficient (Wildman–Crippen LogP) is 4.96. The van der Waals surface area contributed by atoms with Crippen molar-refractivity contribution >= 4 is 27.1 Å². The van der Waals surface area contributed by atoms with Gasteiger partial charge in [0.1, 0.15) is 23.0 Å². The minimum Gasteiger partial charge on any atom is -0.457 e. The van der Waals surface area contributed by atoms with E-state index in [1.165, 1.54) is 22.7 Å². The summed E-state index contributed by atoms with van der Waals surface area (Å²) in [5.74, 6) is 0.297. The summed E-state index contributed by atoms with van der Waals surface area (Å²) in [6.45, 7) is 2.46. The molecule has 10 heteroatoms. The highest BCUT2D eigenvalue weighted by atomic mass is 32.2. The van der Waals surface area contributed by atoms with Crippen molar-refractivity contribution in [1.82, 2.24) is 14.9 Å². The smallest absolute Gasteiger partial charge is 0.255 e. The summed E-state index contributed by atoms with van der Waals surface area (Å²) in [6, 6.07) is 14.7. The van der Waals surface area contributed by atoms with Crippen LogP contribution in [0.5, 0.6) is 11.5 Å². The Labute approximate surface area is 214 Å². The van der Waals surface area contributed by atoms with E-state index in [0.717, 1.165) is 18.4 Å². The fourth-order valence-corrected chi connectivity index (χ4v) is 5.73. The minimum atomic E-state index is -3.49. The molecule has 4 aromatic rings. The molecule has 192 valence electrons. The van der Waals surface area contributed by atoms with Gasteiger partial charge in [0.25, 0.3) is 5.91 Å². The molecule has 0 saturated carbocycles. The molecule has 5 rings (SSSR count). The van der Waals surface area contributed by atoms with Gasteiger partial charge in [-0.15, -0.1) is 0 Å². The quantitative estimate of drug-likeness (QED) is 0.400. The normalized spacial score (nSPS) is 15.8. The third kappa shape index (κ3) is 4.76. The standard InChI is InChI=1S/C27H27FN4O4S/c1-17-6-5-13-32(37(3,34)35)24-16-31-23(15-22(17)24)25(27(33)29-2)26(30-31)18-9-11-20(12-10-18)36-21-8-4-7-19(28)14-21/h4,7-12,14-17H,5-6,13H2,1-3H3,(H,29,33). The van der Waals surface area contributed by atoms with E-state index in [1.807, 2.05) is 6.07 Å². The molecule has 1 amide bonds. The summed E-state index contributed by atoms with van der Waals surface area (Å²) in [5.41, 5.74) is 3.57. The number of aromatic nitrogens is 2. The van der Waals surface area contributed by atoms with E-state index in [9.17, 15) is 17.6 Å². The first-order chi connectivity index (χ1) is 17.7. The van der Waals surface area contributed by atoms with Crippen molar-refractivity contribution in [3.63, 3.8) is 0 Å². The van der Waals surface area contributed by atoms with Crippen LogP contribution in [0.25, 0.3) is 16.8 Å². The topological polar surface area (TPSA) is 93.0 Å². The number of ether oxygens (including phenoxy) is 1. The second-order valence-corrected chi connectivity index (χ2v) is 11.1. The number of carbonyl (C=O) groups excluding carboxylic acids is 1. The Morgan fingerprint density at radius 2 is 1.89 bits per heavy atom. The second-order valence-electron chi connectivity index (χ2n) is 9.21. The fourth-order valence-electron chi connectivity index (χ4n) is 4.76. The van der Waals surface area contributed by atoms with Crippen LogP contribution in [-0.4, -0.2) is 43.8 Å². The molecule has 0 aliphatic carbocycles. The summed E-state index contributed by atoms with van der Waals surface area (Å²) >= 11 is 0. The maximum Gasteiger partial charge on any atom is 0.255 e. The molecule has 1 unspecified atom stereocenters. The zero-order valence-corrected chi connectivity index (χ0v) is 21.5. The SMILES string of the molecule is CNC(=O)c1c(-c2ccc(Oc3cccc(F)c3)cc2)nn2cc3c(cc12)C(C)CCCN3S(C)(=O)=O. The number of fused-ring (bicyclic) bond motifs is 2. The van der Waals surface area contributed by atoms with Crippen molar-refractivity contribution < 1.29 is 22.3 Å². The van der Waals surface area contributed by atoms with Crippen LogP contribution >= 0.6 is 0 Å². The van der Waals surface area contributed by atoms with Crippen LogP contribution in [0.15, 0.2) is 60.8 Å². The summed E-state index contributed by atoms with van der Waals surface area (Å²) in [5, 5.41) is 7.40. The Morgan fingerprint density at radius 1 is 1.14 bits per heavy atom. The number of carbonyl (C=O) groups is 1. The molecule has 2 aromatic heterocycles. The third-order valence-corrected chi connectivity index (χ3v) is 7.77. The first-order valence-electron chi connectivity index (χ1n) is 12.0. The van der Waals surface area contributed by atoms with Gasteiger partial charge in [0.05, 0.1) is 29.2 Å².